The van der Waals surface area contributed by atoms with Crippen LogP contribution in [0.25, 0.3) is 16.9 Å². The molecule has 0 aliphatic rings. The molecule has 0 aliphatic heterocycles. The molecule has 1 aromatic heterocycles. The number of aryl methyl sites for hydroxylation is 1. The first-order valence-corrected chi connectivity index (χ1v) is 12.2. The highest BCUT2D eigenvalue weighted by atomic mass is 16.5. The van der Waals surface area contributed by atoms with E-state index in [1.807, 2.05) is 99.1 Å². The molecule has 0 fully saturated rings. The SMILES string of the molecule is COc1ccc(-c2cn(-c3ccc(C)cc3)c(NC(=O)CN(CCN(C)C)C(=O)CC(C)C)n2)cc1. The number of hydrogen-bond acceptors (Lipinski definition) is 5. The summed E-state index contributed by atoms with van der Waals surface area (Å²) in [4.78, 5) is 34.3. The molecule has 192 valence electrons. The molecular weight excluding hydrogens is 454 g/mol. The number of anilines is 1. The number of methoxy groups -OCH3 is 1. The summed E-state index contributed by atoms with van der Waals surface area (Å²) in [5.74, 6) is 1.07. The molecule has 1 heterocycles. The molecule has 0 saturated carbocycles. The van der Waals surface area contributed by atoms with Crippen LogP contribution in [0.1, 0.15) is 25.8 Å². The second kappa shape index (κ2) is 12.4. The number of nitrogens with one attached hydrogen (secondary N) is 1. The van der Waals surface area contributed by atoms with Gasteiger partial charge in [0.2, 0.25) is 17.8 Å². The van der Waals surface area contributed by atoms with E-state index in [0.717, 1.165) is 22.6 Å². The Morgan fingerprint density at radius 3 is 2.28 bits per heavy atom. The summed E-state index contributed by atoms with van der Waals surface area (Å²) in [7, 11) is 5.52. The Bertz CT molecular complexity index is 1150. The third kappa shape index (κ3) is 7.42. The van der Waals surface area contributed by atoms with Crippen molar-refractivity contribution >= 4 is 17.8 Å². The average molecular weight is 492 g/mol. The molecule has 0 saturated heterocycles. The number of ether oxygens (including phenoxy) is 1. The van der Waals surface area contributed by atoms with E-state index in [-0.39, 0.29) is 24.3 Å². The molecule has 8 nitrogen and oxygen atoms in total. The number of aromatic nitrogens is 2. The zero-order chi connectivity index (χ0) is 26.2. The number of carbonyl (C=O) groups excluding carboxylic acids is 2. The van der Waals surface area contributed by atoms with Gasteiger partial charge < -0.3 is 14.5 Å². The molecule has 0 bridgehead atoms. The molecule has 1 N–H and O–H groups in total. The molecule has 3 aromatic rings. The van der Waals surface area contributed by atoms with Crippen LogP contribution in [0.15, 0.2) is 54.7 Å². The van der Waals surface area contributed by atoms with Crippen LogP contribution in [0, 0.1) is 12.8 Å². The van der Waals surface area contributed by atoms with Gasteiger partial charge in [0.1, 0.15) is 5.75 Å². The first-order chi connectivity index (χ1) is 17.2. The van der Waals surface area contributed by atoms with E-state index in [4.69, 9.17) is 9.72 Å². The minimum Gasteiger partial charge on any atom is -0.497 e. The number of nitrogens with zero attached hydrogens (tertiary/aromatic N) is 4. The summed E-state index contributed by atoms with van der Waals surface area (Å²) in [5.41, 5.74) is 3.63. The van der Waals surface area contributed by atoms with E-state index in [2.05, 4.69) is 5.32 Å². The third-order valence-corrected chi connectivity index (χ3v) is 5.74. The predicted molar refractivity (Wildman–Crippen MR) is 144 cm³/mol. The fourth-order valence-electron chi connectivity index (χ4n) is 3.70. The molecule has 36 heavy (non-hydrogen) atoms. The minimum absolute atomic E-state index is 0.0252. The maximum atomic E-state index is 13.1. The number of hydrogen-bond donors (Lipinski definition) is 1. The summed E-state index contributed by atoms with van der Waals surface area (Å²) in [6.45, 7) is 7.16. The second-order valence-corrected chi connectivity index (χ2v) is 9.65. The van der Waals surface area contributed by atoms with Crippen molar-refractivity contribution < 1.29 is 14.3 Å². The van der Waals surface area contributed by atoms with Crippen molar-refractivity contribution in [3.63, 3.8) is 0 Å². The quantitative estimate of drug-likeness (QED) is 0.434. The van der Waals surface area contributed by atoms with Gasteiger partial charge in [0.25, 0.3) is 0 Å². The Hall–Kier alpha value is -3.65. The van der Waals surface area contributed by atoms with E-state index in [1.54, 1.807) is 12.0 Å². The van der Waals surface area contributed by atoms with Gasteiger partial charge in [-0.15, -0.1) is 0 Å². The number of amides is 2. The monoisotopic (exact) mass is 491 g/mol. The second-order valence-electron chi connectivity index (χ2n) is 9.65. The fraction of sp³-hybridized carbons (Fsp3) is 0.393. The van der Waals surface area contributed by atoms with Crippen LogP contribution >= 0.6 is 0 Å². The van der Waals surface area contributed by atoms with Gasteiger partial charge in [0.05, 0.1) is 19.3 Å². The molecule has 0 spiro atoms. The smallest absolute Gasteiger partial charge is 0.246 e. The van der Waals surface area contributed by atoms with Crippen LogP contribution in [0.2, 0.25) is 0 Å². The lowest BCUT2D eigenvalue weighted by Crippen LogP contribution is -2.42. The van der Waals surface area contributed by atoms with Gasteiger partial charge in [-0.1, -0.05) is 31.5 Å². The van der Waals surface area contributed by atoms with Gasteiger partial charge in [0, 0.05) is 37.0 Å². The van der Waals surface area contributed by atoms with Gasteiger partial charge in [-0.05, 0) is 63.3 Å². The van der Waals surface area contributed by atoms with Crippen LogP contribution in [0.4, 0.5) is 5.95 Å². The first kappa shape index (κ1) is 26.9. The van der Waals surface area contributed by atoms with Gasteiger partial charge in [-0.3, -0.25) is 19.5 Å². The van der Waals surface area contributed by atoms with Gasteiger partial charge in [-0.25, -0.2) is 4.98 Å². The zero-order valence-corrected chi connectivity index (χ0v) is 22.1. The molecule has 2 aromatic carbocycles. The Kier molecular flexibility index (Phi) is 9.25. The Morgan fingerprint density at radius 2 is 1.69 bits per heavy atom. The van der Waals surface area contributed by atoms with E-state index in [9.17, 15) is 9.59 Å². The van der Waals surface area contributed by atoms with Crippen molar-refractivity contribution in [1.82, 2.24) is 19.4 Å². The third-order valence-electron chi connectivity index (χ3n) is 5.74. The lowest BCUT2D eigenvalue weighted by molar-refractivity contribution is -0.135. The Labute approximate surface area is 213 Å². The Morgan fingerprint density at radius 1 is 1.03 bits per heavy atom. The molecular formula is C28H37N5O3. The van der Waals surface area contributed by atoms with E-state index < -0.39 is 0 Å². The van der Waals surface area contributed by atoms with E-state index in [0.29, 0.717) is 31.2 Å². The summed E-state index contributed by atoms with van der Waals surface area (Å²) in [6, 6.07) is 15.6. The fourth-order valence-corrected chi connectivity index (χ4v) is 3.70. The van der Waals surface area contributed by atoms with Crippen LogP contribution in [0.3, 0.4) is 0 Å². The lowest BCUT2D eigenvalue weighted by atomic mass is 10.1. The number of rotatable bonds is 11. The summed E-state index contributed by atoms with van der Waals surface area (Å²) >= 11 is 0. The highest BCUT2D eigenvalue weighted by molar-refractivity contribution is 5.94. The van der Waals surface area contributed by atoms with Crippen LogP contribution < -0.4 is 10.1 Å². The maximum absolute atomic E-state index is 13.1. The topological polar surface area (TPSA) is 79.7 Å². The van der Waals surface area contributed by atoms with Crippen molar-refractivity contribution in [2.75, 3.05) is 46.2 Å². The standard InChI is InChI=1S/C28H37N5O3/c1-20(2)17-27(35)32(16-15-31(4)5)19-26(34)30-28-29-25(22-9-13-24(36-6)14-10-22)18-33(28)23-11-7-21(3)8-12-23/h7-14,18,20H,15-17,19H2,1-6H3,(H,29,30,34). The molecule has 0 aliphatic carbocycles. The van der Waals surface area contributed by atoms with Gasteiger partial charge in [0.15, 0.2) is 0 Å². The minimum atomic E-state index is -0.286. The lowest BCUT2D eigenvalue weighted by Gasteiger charge is -2.24. The molecule has 3 rings (SSSR count). The number of benzene rings is 2. The molecule has 0 atom stereocenters. The maximum Gasteiger partial charge on any atom is 0.246 e. The summed E-state index contributed by atoms with van der Waals surface area (Å²) in [5, 5.41) is 2.94. The van der Waals surface area contributed by atoms with Gasteiger partial charge in [-0.2, -0.15) is 0 Å². The average Bonchev–Trinajstić information content (AvgIpc) is 3.25. The van der Waals surface area contributed by atoms with Crippen LogP contribution in [-0.2, 0) is 9.59 Å². The van der Waals surface area contributed by atoms with Gasteiger partial charge >= 0.3 is 0 Å². The first-order valence-electron chi connectivity index (χ1n) is 12.2. The molecule has 2 amide bonds. The van der Waals surface area contributed by atoms with Crippen LogP contribution in [-0.4, -0.2) is 72.0 Å². The highest BCUT2D eigenvalue weighted by Gasteiger charge is 2.20. The molecule has 8 heteroatoms. The van der Waals surface area contributed by atoms with E-state index >= 15 is 0 Å². The number of carbonyl (C=O) groups is 2. The van der Waals surface area contributed by atoms with Crippen LogP contribution in [0.5, 0.6) is 5.75 Å². The number of likely N-dealkylation sites (N-methyl/N-ethyl adjacent to an activating group) is 1. The summed E-state index contributed by atoms with van der Waals surface area (Å²) < 4.78 is 7.12. The zero-order valence-electron chi connectivity index (χ0n) is 22.1. The Balaban J connectivity index is 1.87. The number of imidazole rings is 1. The van der Waals surface area contributed by atoms with Crippen molar-refractivity contribution in [3.8, 4) is 22.7 Å². The van der Waals surface area contributed by atoms with Crippen molar-refractivity contribution in [3.05, 3.63) is 60.3 Å². The van der Waals surface area contributed by atoms with Crippen molar-refractivity contribution in [2.45, 2.75) is 27.2 Å². The predicted octanol–water partition coefficient (Wildman–Crippen LogP) is 4.23. The normalized spacial score (nSPS) is 11.1. The van der Waals surface area contributed by atoms with Crippen molar-refractivity contribution in [2.24, 2.45) is 5.92 Å². The van der Waals surface area contributed by atoms with Crippen molar-refractivity contribution in [1.29, 1.82) is 0 Å². The summed E-state index contributed by atoms with van der Waals surface area (Å²) in [6.07, 6.45) is 2.30. The molecule has 0 radical (unpaired) electrons. The van der Waals surface area contributed by atoms with E-state index in [1.165, 1.54) is 0 Å². The molecule has 0 unspecified atom stereocenters. The largest absolute Gasteiger partial charge is 0.497 e. The highest BCUT2D eigenvalue weighted by Crippen LogP contribution is 2.26.